The molecule has 0 aliphatic rings. The predicted molar refractivity (Wildman–Crippen MR) is 78.5 cm³/mol. The molecular weight excluding hydrogens is 286 g/mol. The lowest BCUT2D eigenvalue weighted by molar-refractivity contribution is -0.0436. The highest BCUT2D eigenvalue weighted by molar-refractivity contribution is 5.94. The number of nitrogens with one attached hydrogen (secondary N) is 1. The van der Waals surface area contributed by atoms with E-state index in [0.717, 1.165) is 0 Å². The smallest absolute Gasteiger partial charge is 0.340 e. The molecule has 0 atom stereocenters. The number of carbonyl (C=O) groups excluding carboxylic acids is 2. The molecule has 2 aromatic carbocycles. The second-order valence-corrected chi connectivity index (χ2v) is 4.34. The van der Waals surface area contributed by atoms with Gasteiger partial charge in [-0.15, -0.1) is 0 Å². The normalized spacial score (nSPS) is 9.86. The lowest BCUT2D eigenvalue weighted by atomic mass is 10.2. The summed E-state index contributed by atoms with van der Waals surface area (Å²) >= 11 is 0. The Labute approximate surface area is 126 Å². The van der Waals surface area contributed by atoms with Crippen LogP contribution in [0.25, 0.3) is 0 Å². The minimum absolute atomic E-state index is 0.197. The van der Waals surface area contributed by atoms with Crippen molar-refractivity contribution in [3.63, 3.8) is 0 Å². The first-order valence-electron chi connectivity index (χ1n) is 6.43. The van der Waals surface area contributed by atoms with Crippen molar-refractivity contribution >= 4 is 11.9 Å². The van der Waals surface area contributed by atoms with Crippen molar-refractivity contribution in [1.29, 1.82) is 0 Å². The van der Waals surface area contributed by atoms with Crippen LogP contribution in [-0.2, 0) is 0 Å². The van der Waals surface area contributed by atoms with Gasteiger partial charge >= 0.3 is 6.03 Å². The first-order chi connectivity index (χ1) is 10.6. The van der Waals surface area contributed by atoms with Gasteiger partial charge in [-0.3, -0.25) is 10.0 Å². The van der Waals surface area contributed by atoms with Crippen molar-refractivity contribution in [2.24, 2.45) is 5.73 Å². The van der Waals surface area contributed by atoms with Gasteiger partial charge in [0.25, 0.3) is 5.91 Å². The first-order valence-corrected chi connectivity index (χ1v) is 6.43. The van der Waals surface area contributed by atoms with Crippen LogP contribution in [0.2, 0.25) is 0 Å². The number of nitrogens with zero attached hydrogens (tertiary/aromatic N) is 1. The molecule has 0 aliphatic heterocycles. The van der Waals surface area contributed by atoms with Gasteiger partial charge in [0, 0.05) is 5.56 Å². The Morgan fingerprint density at radius 2 is 1.77 bits per heavy atom. The molecule has 7 heteroatoms. The van der Waals surface area contributed by atoms with Crippen LogP contribution in [0.1, 0.15) is 10.4 Å². The number of primary amides is 1. The van der Waals surface area contributed by atoms with Gasteiger partial charge in [0.05, 0.1) is 0 Å². The van der Waals surface area contributed by atoms with Gasteiger partial charge in [-0.05, 0) is 30.3 Å². The van der Waals surface area contributed by atoms with Crippen LogP contribution in [0.5, 0.6) is 11.5 Å². The zero-order chi connectivity index (χ0) is 15.9. The largest absolute Gasteiger partial charge is 0.457 e. The Hall–Kier alpha value is -3.06. The van der Waals surface area contributed by atoms with Crippen molar-refractivity contribution in [3.05, 3.63) is 60.2 Å². The molecule has 0 saturated carbocycles. The van der Waals surface area contributed by atoms with Gasteiger partial charge in [0.15, 0.2) is 0 Å². The van der Waals surface area contributed by atoms with Crippen LogP contribution in [0.3, 0.4) is 0 Å². The van der Waals surface area contributed by atoms with Gasteiger partial charge in [-0.25, -0.2) is 4.79 Å². The predicted octanol–water partition coefficient (Wildman–Crippen LogP) is 1.94. The number of hydrogen-bond acceptors (Lipinski definition) is 4. The molecule has 0 unspecified atom stereocenters. The number of rotatable bonds is 5. The molecule has 2 aromatic rings. The lowest BCUT2D eigenvalue weighted by Gasteiger charge is -2.13. The fourth-order valence-corrected chi connectivity index (χ4v) is 1.65. The van der Waals surface area contributed by atoms with Gasteiger partial charge in [-0.2, -0.15) is 5.06 Å². The molecule has 0 saturated heterocycles. The summed E-state index contributed by atoms with van der Waals surface area (Å²) in [4.78, 5) is 22.6. The van der Waals surface area contributed by atoms with Crippen LogP contribution in [0.4, 0.5) is 4.79 Å². The van der Waals surface area contributed by atoms with Crippen LogP contribution < -0.4 is 15.8 Å². The number of urea groups is 1. The Morgan fingerprint density at radius 1 is 1.09 bits per heavy atom. The lowest BCUT2D eigenvalue weighted by Crippen LogP contribution is -2.41. The second-order valence-electron chi connectivity index (χ2n) is 4.34. The highest BCUT2D eigenvalue weighted by Gasteiger charge is 2.10. The van der Waals surface area contributed by atoms with Gasteiger partial charge < -0.3 is 15.8 Å². The molecule has 22 heavy (non-hydrogen) atoms. The average Bonchev–Trinajstić information content (AvgIpc) is 2.53. The molecule has 0 aliphatic carbocycles. The SMILES string of the molecule is NC(=O)N(O)CNC(=O)c1cccc(Oc2ccccc2)c1. The van der Waals surface area contributed by atoms with Crippen molar-refractivity contribution < 1.29 is 19.5 Å². The number of hydrogen-bond donors (Lipinski definition) is 3. The first kappa shape index (κ1) is 15.3. The molecule has 114 valence electrons. The van der Waals surface area contributed by atoms with Crippen molar-refractivity contribution in [1.82, 2.24) is 10.4 Å². The number of benzene rings is 2. The molecule has 3 amide bonds. The maximum atomic E-state index is 11.9. The molecule has 7 nitrogen and oxygen atoms in total. The fraction of sp³-hybridized carbons (Fsp3) is 0.0667. The van der Waals surface area contributed by atoms with Crippen LogP contribution in [-0.4, -0.2) is 28.9 Å². The molecule has 2 rings (SSSR count). The standard InChI is InChI=1S/C15H15N3O4/c16-15(20)18(21)10-17-14(19)11-5-4-8-13(9-11)22-12-6-2-1-3-7-12/h1-9,21H,10H2,(H2,16,20)(H,17,19). The van der Waals surface area contributed by atoms with E-state index in [1.165, 1.54) is 0 Å². The van der Waals surface area contributed by atoms with Gasteiger partial charge in [0.2, 0.25) is 0 Å². The van der Waals surface area contributed by atoms with E-state index < -0.39 is 18.6 Å². The molecule has 0 fully saturated rings. The van der Waals surface area contributed by atoms with E-state index in [1.54, 1.807) is 36.4 Å². The third kappa shape index (κ3) is 4.22. The summed E-state index contributed by atoms with van der Waals surface area (Å²) in [5, 5.41) is 11.6. The average molecular weight is 301 g/mol. The molecule has 0 radical (unpaired) electrons. The van der Waals surface area contributed by atoms with Crippen LogP contribution >= 0.6 is 0 Å². The summed E-state index contributed by atoms with van der Waals surface area (Å²) in [5.41, 5.74) is 5.16. The van der Waals surface area contributed by atoms with Crippen molar-refractivity contribution in [2.75, 3.05) is 6.67 Å². The van der Waals surface area contributed by atoms with Gasteiger partial charge in [0.1, 0.15) is 18.2 Å². The molecule has 0 heterocycles. The zero-order valence-corrected chi connectivity index (χ0v) is 11.6. The summed E-state index contributed by atoms with van der Waals surface area (Å²) in [6.45, 7) is -0.405. The van der Waals surface area contributed by atoms with Crippen molar-refractivity contribution in [3.8, 4) is 11.5 Å². The minimum Gasteiger partial charge on any atom is -0.457 e. The Kier molecular flexibility index (Phi) is 4.94. The number of hydroxylamine groups is 2. The molecule has 0 aromatic heterocycles. The van der Waals surface area contributed by atoms with E-state index in [-0.39, 0.29) is 5.06 Å². The monoisotopic (exact) mass is 301 g/mol. The molecule has 0 spiro atoms. The third-order valence-corrected chi connectivity index (χ3v) is 2.72. The Morgan fingerprint density at radius 3 is 2.45 bits per heavy atom. The van der Waals surface area contributed by atoms with Crippen LogP contribution in [0.15, 0.2) is 54.6 Å². The summed E-state index contributed by atoms with van der Waals surface area (Å²) in [5.74, 6) is 0.670. The minimum atomic E-state index is -1.05. The third-order valence-electron chi connectivity index (χ3n) is 2.72. The Balaban J connectivity index is 2.01. The summed E-state index contributed by atoms with van der Waals surface area (Å²) in [7, 11) is 0. The number of para-hydroxylation sites is 1. The quantitative estimate of drug-likeness (QED) is 0.446. The second kappa shape index (κ2) is 7.09. The number of amides is 3. The fourth-order valence-electron chi connectivity index (χ4n) is 1.65. The van der Waals surface area contributed by atoms with E-state index in [9.17, 15) is 9.59 Å². The van der Waals surface area contributed by atoms with E-state index in [1.807, 2.05) is 18.2 Å². The van der Waals surface area contributed by atoms with Crippen LogP contribution in [0, 0.1) is 0 Å². The maximum absolute atomic E-state index is 11.9. The van der Waals surface area contributed by atoms with E-state index in [2.05, 4.69) is 5.32 Å². The van der Waals surface area contributed by atoms with Crippen molar-refractivity contribution in [2.45, 2.75) is 0 Å². The van der Waals surface area contributed by atoms with E-state index >= 15 is 0 Å². The topological polar surface area (TPSA) is 105 Å². The molecule has 4 N–H and O–H groups in total. The highest BCUT2D eigenvalue weighted by Crippen LogP contribution is 2.21. The molecule has 0 bridgehead atoms. The molecular formula is C15H15N3O4. The maximum Gasteiger partial charge on any atom is 0.340 e. The van der Waals surface area contributed by atoms with E-state index in [0.29, 0.717) is 17.1 Å². The summed E-state index contributed by atoms with van der Waals surface area (Å²) < 4.78 is 5.62. The number of ether oxygens (including phenoxy) is 1. The van der Waals surface area contributed by atoms with Gasteiger partial charge in [-0.1, -0.05) is 24.3 Å². The van der Waals surface area contributed by atoms with E-state index in [4.69, 9.17) is 15.7 Å². The number of nitrogens with two attached hydrogens (primary N) is 1. The summed E-state index contributed by atoms with van der Waals surface area (Å²) in [6, 6.07) is 14.6. The Bertz CT molecular complexity index is 661. The zero-order valence-electron chi connectivity index (χ0n) is 11.6. The highest BCUT2D eigenvalue weighted by atomic mass is 16.5. The summed E-state index contributed by atoms with van der Waals surface area (Å²) in [6.07, 6.45) is 0. The number of carbonyl (C=O) groups is 2.